The highest BCUT2D eigenvalue weighted by atomic mass is 32.2. The molecule has 4 aromatic rings. The Kier molecular flexibility index (Phi) is 5.93. The maximum atomic E-state index is 13.4. The van der Waals surface area contributed by atoms with Gasteiger partial charge >= 0.3 is 6.18 Å². The van der Waals surface area contributed by atoms with E-state index in [1.165, 1.54) is 35.0 Å². The molecule has 1 aliphatic rings. The van der Waals surface area contributed by atoms with Gasteiger partial charge in [0, 0.05) is 43.5 Å². The molecule has 0 aliphatic carbocycles. The van der Waals surface area contributed by atoms with Crippen LogP contribution in [0.2, 0.25) is 0 Å². The summed E-state index contributed by atoms with van der Waals surface area (Å²) in [7, 11) is -2.32. The van der Waals surface area contributed by atoms with Crippen molar-refractivity contribution in [3.63, 3.8) is 0 Å². The average Bonchev–Trinajstić information content (AvgIpc) is 3.58. The molecule has 37 heavy (non-hydrogen) atoms. The van der Waals surface area contributed by atoms with Gasteiger partial charge in [-0.2, -0.15) is 18.3 Å². The van der Waals surface area contributed by atoms with Crippen molar-refractivity contribution < 1.29 is 26.4 Å². The summed E-state index contributed by atoms with van der Waals surface area (Å²) in [5.74, 6) is -1.59. The number of benzene rings is 1. The van der Waals surface area contributed by atoms with Crippen molar-refractivity contribution in [1.82, 2.24) is 30.0 Å². The molecule has 0 radical (unpaired) electrons. The van der Waals surface area contributed by atoms with Gasteiger partial charge in [0.15, 0.2) is 0 Å². The number of sulfone groups is 1. The van der Waals surface area contributed by atoms with Gasteiger partial charge in [0.05, 0.1) is 21.5 Å². The number of H-pyrrole nitrogens is 1. The number of hydrogen-bond donors (Lipinski definition) is 2. The number of fused-ring (bicyclic) bond motifs is 1. The quantitative estimate of drug-likeness (QED) is 0.404. The first-order valence-electron chi connectivity index (χ1n) is 11.3. The number of carbonyl (C=O) groups is 1. The number of rotatable bonds is 5. The van der Waals surface area contributed by atoms with Crippen LogP contribution < -0.4 is 10.2 Å². The van der Waals surface area contributed by atoms with Gasteiger partial charge in [-0.15, -0.1) is 0 Å². The highest BCUT2D eigenvalue weighted by Gasteiger charge is 2.36. The Labute approximate surface area is 209 Å². The monoisotopic (exact) mass is 533 g/mol. The highest BCUT2D eigenvalue weighted by molar-refractivity contribution is 7.91. The molecule has 5 rings (SSSR count). The lowest BCUT2D eigenvalue weighted by Gasteiger charge is -2.19. The van der Waals surface area contributed by atoms with E-state index in [0.29, 0.717) is 29.6 Å². The maximum Gasteiger partial charge on any atom is 0.451 e. The summed E-state index contributed by atoms with van der Waals surface area (Å²) in [5.41, 5.74) is 1.25. The number of carbonyl (C=O) groups excluding carboxylic acids is 1. The lowest BCUT2D eigenvalue weighted by atomic mass is 10.2. The van der Waals surface area contributed by atoms with Crippen molar-refractivity contribution >= 4 is 32.5 Å². The Bertz CT molecular complexity index is 1610. The van der Waals surface area contributed by atoms with Gasteiger partial charge in [-0.3, -0.25) is 9.89 Å². The number of anilines is 1. The van der Waals surface area contributed by atoms with Gasteiger partial charge in [0.25, 0.3) is 5.91 Å². The van der Waals surface area contributed by atoms with Crippen LogP contribution in [0, 0.1) is 6.92 Å². The summed E-state index contributed by atoms with van der Waals surface area (Å²) >= 11 is 0. The predicted octanol–water partition coefficient (Wildman–Crippen LogP) is 2.86. The third kappa shape index (κ3) is 4.52. The number of alkyl halides is 3. The molecule has 4 heterocycles. The van der Waals surface area contributed by atoms with Crippen LogP contribution in [-0.2, 0) is 23.1 Å². The number of hydrogen-bond acceptors (Lipinski definition) is 7. The topological polar surface area (TPSA) is 126 Å². The van der Waals surface area contributed by atoms with Gasteiger partial charge in [0.1, 0.15) is 11.5 Å². The zero-order valence-electron chi connectivity index (χ0n) is 19.7. The number of aromatic nitrogens is 5. The third-order valence-corrected chi connectivity index (χ3v) is 8.34. The molecule has 194 valence electrons. The Morgan fingerprint density at radius 3 is 2.76 bits per heavy atom. The second-order valence-corrected chi connectivity index (χ2v) is 10.7. The molecule has 0 spiro atoms. The molecule has 0 bridgehead atoms. The molecule has 0 saturated carbocycles. The lowest BCUT2D eigenvalue weighted by molar-refractivity contribution is -0.144. The van der Waals surface area contributed by atoms with E-state index in [1.807, 2.05) is 0 Å². The van der Waals surface area contributed by atoms with Crippen LogP contribution in [0.3, 0.4) is 0 Å². The second-order valence-electron chi connectivity index (χ2n) is 8.80. The predicted molar refractivity (Wildman–Crippen MR) is 127 cm³/mol. The minimum atomic E-state index is -4.66. The molecule has 3 aromatic heterocycles. The van der Waals surface area contributed by atoms with Crippen LogP contribution in [-0.4, -0.2) is 58.2 Å². The number of aromatic amines is 1. The van der Waals surface area contributed by atoms with Crippen LogP contribution in [0.1, 0.15) is 28.4 Å². The number of nitrogens with one attached hydrogen (secondary N) is 2. The van der Waals surface area contributed by atoms with Gasteiger partial charge < -0.3 is 14.8 Å². The van der Waals surface area contributed by atoms with E-state index in [9.17, 15) is 26.4 Å². The van der Waals surface area contributed by atoms with E-state index >= 15 is 0 Å². The summed E-state index contributed by atoms with van der Waals surface area (Å²) in [6.45, 7) is 2.26. The first-order chi connectivity index (χ1) is 17.4. The molecule has 1 atom stereocenters. The molecule has 1 aromatic carbocycles. The molecule has 1 amide bonds. The molecule has 14 heteroatoms. The van der Waals surface area contributed by atoms with Gasteiger partial charge in [0.2, 0.25) is 15.7 Å². The van der Waals surface area contributed by atoms with Crippen LogP contribution in [0.4, 0.5) is 19.0 Å². The summed E-state index contributed by atoms with van der Waals surface area (Å²) in [4.78, 5) is 21.7. The Morgan fingerprint density at radius 1 is 1.22 bits per heavy atom. The van der Waals surface area contributed by atoms with Gasteiger partial charge in [-0.1, -0.05) is 0 Å². The van der Waals surface area contributed by atoms with E-state index in [2.05, 4.69) is 25.5 Å². The maximum absolute atomic E-state index is 13.4. The van der Waals surface area contributed by atoms with Crippen LogP contribution in [0.15, 0.2) is 52.5 Å². The molecule has 0 unspecified atom stereocenters. The molecule has 10 nitrogen and oxygen atoms in total. The van der Waals surface area contributed by atoms with Gasteiger partial charge in [-0.05, 0) is 43.7 Å². The molecular formula is C23H22F3N7O3S. The van der Waals surface area contributed by atoms with E-state index < -0.39 is 27.7 Å². The second kappa shape index (κ2) is 8.87. The van der Waals surface area contributed by atoms with Crippen LogP contribution >= 0.6 is 0 Å². The Hall–Kier alpha value is -3.94. The lowest BCUT2D eigenvalue weighted by Crippen LogP contribution is -2.38. The largest absolute Gasteiger partial charge is 0.451 e. The molecule has 2 N–H and O–H groups in total. The number of nitrogens with zero attached hydrogens (tertiary/aromatic N) is 5. The van der Waals surface area contributed by atoms with E-state index in [4.69, 9.17) is 0 Å². The number of halogens is 3. The SMILES string of the molecule is Cc1c(S(=O)(=O)c2ccc3[nH]ncc3c2)cc(C(=O)N[C@@H]2CCN(c3ccnc(C(F)(F)F)n3)C2)n1C. The van der Waals surface area contributed by atoms with Crippen molar-refractivity contribution in [2.45, 2.75) is 35.4 Å². The molecular weight excluding hydrogens is 511 g/mol. The first-order valence-corrected chi connectivity index (χ1v) is 12.7. The fourth-order valence-electron chi connectivity index (χ4n) is 4.38. The smallest absolute Gasteiger partial charge is 0.354 e. The van der Waals surface area contributed by atoms with Crippen molar-refractivity contribution in [3.8, 4) is 0 Å². The summed E-state index contributed by atoms with van der Waals surface area (Å²) in [5, 5.41) is 10.2. The van der Waals surface area contributed by atoms with Crippen molar-refractivity contribution in [1.29, 1.82) is 0 Å². The fourth-order valence-corrected chi connectivity index (χ4v) is 5.96. The summed E-state index contributed by atoms with van der Waals surface area (Å²) < 4.78 is 67.1. The summed E-state index contributed by atoms with van der Waals surface area (Å²) in [6, 6.07) is 6.99. The zero-order valence-corrected chi connectivity index (χ0v) is 20.6. The summed E-state index contributed by atoms with van der Waals surface area (Å²) in [6.07, 6.45) is -1.59. The van der Waals surface area contributed by atoms with Crippen LogP contribution in [0.25, 0.3) is 10.9 Å². The Balaban J connectivity index is 1.34. The van der Waals surface area contributed by atoms with Crippen molar-refractivity contribution in [2.75, 3.05) is 18.0 Å². The van der Waals surface area contributed by atoms with E-state index in [0.717, 1.165) is 6.20 Å². The third-order valence-electron chi connectivity index (χ3n) is 6.47. The number of amides is 1. The average molecular weight is 534 g/mol. The highest BCUT2D eigenvalue weighted by Crippen LogP contribution is 2.30. The van der Waals surface area contributed by atoms with Crippen LogP contribution in [0.5, 0.6) is 0 Å². The standard InChI is InChI=1S/C23H22F3N7O3S/c1-13-19(37(35,36)16-3-4-17-14(9-16)11-28-31-17)10-18(32(13)2)21(34)29-15-6-8-33(12-15)20-5-7-27-22(30-20)23(24,25)26/h3-5,7,9-11,15H,6,8,12H2,1-2H3,(H,28,31)(H,29,34)/t15-/m1/s1. The first kappa shape index (κ1) is 24.7. The normalized spacial score (nSPS) is 16.5. The van der Waals surface area contributed by atoms with E-state index in [-0.39, 0.29) is 33.9 Å². The fraction of sp³-hybridized carbons (Fsp3) is 0.304. The van der Waals surface area contributed by atoms with Crippen molar-refractivity contribution in [3.05, 3.63) is 59.9 Å². The zero-order chi connectivity index (χ0) is 26.5. The minimum Gasteiger partial charge on any atom is -0.354 e. The van der Waals surface area contributed by atoms with E-state index in [1.54, 1.807) is 24.9 Å². The minimum absolute atomic E-state index is 0.0108. The molecule has 1 aliphatic heterocycles. The molecule has 1 fully saturated rings. The van der Waals surface area contributed by atoms with Gasteiger partial charge in [-0.25, -0.2) is 18.4 Å². The molecule has 1 saturated heterocycles. The van der Waals surface area contributed by atoms with Crippen molar-refractivity contribution in [2.24, 2.45) is 7.05 Å². The Morgan fingerprint density at radius 2 is 2.00 bits per heavy atom.